The van der Waals surface area contributed by atoms with Gasteiger partial charge in [0, 0.05) is 38.4 Å². The molecule has 0 saturated heterocycles. The Bertz CT molecular complexity index is 1870. The number of benzene rings is 5. The van der Waals surface area contributed by atoms with Crippen LogP contribution in [-0.2, 0) is 0 Å². The molecule has 0 fully saturated rings. The van der Waals surface area contributed by atoms with Gasteiger partial charge in [0.1, 0.15) is 0 Å². The third-order valence-corrected chi connectivity index (χ3v) is 6.91. The Morgan fingerprint density at radius 3 is 1.57 bits per heavy atom. The summed E-state index contributed by atoms with van der Waals surface area (Å²) in [7, 11) is -1.62. The first-order chi connectivity index (χ1) is 17.2. The molecule has 0 aliphatic carbocycles. The third-order valence-electron chi connectivity index (χ3n) is 6.91. The molecule has 2 heterocycles. The molecule has 0 radical (unpaired) electrons. The van der Waals surface area contributed by atoms with E-state index in [1.165, 1.54) is 0 Å². The molecule has 7 aromatic rings. The maximum Gasteiger partial charge on any atom is 0.490 e. The van der Waals surface area contributed by atoms with Crippen molar-refractivity contribution in [1.82, 2.24) is 9.13 Å². The van der Waals surface area contributed by atoms with Crippen LogP contribution in [0, 0.1) is 0 Å². The van der Waals surface area contributed by atoms with Gasteiger partial charge in [-0.15, -0.1) is 0 Å². The Hall–Kier alpha value is -4.32. The number of para-hydroxylation sites is 4. The topological polar surface area (TPSA) is 50.3 Å². The van der Waals surface area contributed by atoms with Gasteiger partial charge in [-0.1, -0.05) is 78.9 Å². The minimum atomic E-state index is -1.62. The van der Waals surface area contributed by atoms with Crippen LogP contribution in [-0.4, -0.2) is 26.3 Å². The molecule has 0 aliphatic rings. The lowest BCUT2D eigenvalue weighted by Gasteiger charge is -2.13. The monoisotopic (exact) mass is 452 g/mol. The molecule has 2 aromatic heterocycles. The lowest BCUT2D eigenvalue weighted by atomic mass is 9.78. The van der Waals surface area contributed by atoms with E-state index in [0.717, 1.165) is 55.0 Å². The molecule has 35 heavy (non-hydrogen) atoms. The van der Waals surface area contributed by atoms with E-state index in [0.29, 0.717) is 5.46 Å². The molecule has 0 atom stereocenters. The number of hydrogen-bond donors (Lipinski definition) is 2. The van der Waals surface area contributed by atoms with Gasteiger partial charge in [-0.2, -0.15) is 0 Å². The van der Waals surface area contributed by atoms with Gasteiger partial charge >= 0.3 is 7.12 Å². The largest absolute Gasteiger partial charge is 0.490 e. The zero-order chi connectivity index (χ0) is 23.5. The summed E-state index contributed by atoms with van der Waals surface area (Å²) in [6.45, 7) is 0. The van der Waals surface area contributed by atoms with Crippen LogP contribution in [0.4, 0.5) is 0 Å². The van der Waals surface area contributed by atoms with Gasteiger partial charge in [-0.25, -0.2) is 0 Å². The number of rotatable bonds is 3. The molecule has 0 saturated carbocycles. The summed E-state index contributed by atoms with van der Waals surface area (Å²) in [5.74, 6) is 0. The van der Waals surface area contributed by atoms with Crippen LogP contribution in [0.5, 0.6) is 0 Å². The summed E-state index contributed by atoms with van der Waals surface area (Å²) in [6, 6.07) is 39.0. The van der Waals surface area contributed by atoms with Crippen molar-refractivity contribution < 1.29 is 10.0 Å². The summed E-state index contributed by atoms with van der Waals surface area (Å²) in [5.41, 5.74) is 6.49. The van der Waals surface area contributed by atoms with E-state index in [-0.39, 0.29) is 0 Å². The van der Waals surface area contributed by atoms with E-state index in [2.05, 4.69) is 57.7 Å². The van der Waals surface area contributed by atoms with Gasteiger partial charge in [0.25, 0.3) is 0 Å². The SMILES string of the molecule is OB(O)c1cc2c3ccccc3n(-c3ccccc3)c2c2c3ccccc3n(-c3ccccc3)c12. The van der Waals surface area contributed by atoms with E-state index in [4.69, 9.17) is 0 Å². The fraction of sp³-hybridized carbons (Fsp3) is 0. The van der Waals surface area contributed by atoms with E-state index >= 15 is 0 Å². The zero-order valence-electron chi connectivity index (χ0n) is 18.8. The Morgan fingerprint density at radius 1 is 0.486 bits per heavy atom. The van der Waals surface area contributed by atoms with Gasteiger partial charge in [0.05, 0.1) is 22.1 Å². The van der Waals surface area contributed by atoms with Crippen molar-refractivity contribution in [2.75, 3.05) is 0 Å². The van der Waals surface area contributed by atoms with Gasteiger partial charge in [0.2, 0.25) is 0 Å². The van der Waals surface area contributed by atoms with Crippen molar-refractivity contribution >= 4 is 56.2 Å². The molecule has 2 N–H and O–H groups in total. The minimum Gasteiger partial charge on any atom is -0.423 e. The summed E-state index contributed by atoms with van der Waals surface area (Å²) in [4.78, 5) is 0. The number of hydrogen-bond acceptors (Lipinski definition) is 2. The maximum absolute atomic E-state index is 10.6. The normalized spacial score (nSPS) is 11.7. The fourth-order valence-corrected chi connectivity index (χ4v) is 5.52. The lowest BCUT2D eigenvalue weighted by Crippen LogP contribution is -2.31. The average Bonchev–Trinajstić information content (AvgIpc) is 3.42. The van der Waals surface area contributed by atoms with Gasteiger partial charge in [-0.05, 0) is 36.4 Å². The summed E-state index contributed by atoms with van der Waals surface area (Å²) in [5, 5.41) is 25.4. The molecule has 5 heteroatoms. The lowest BCUT2D eigenvalue weighted by molar-refractivity contribution is 0.426. The number of aromatic nitrogens is 2. The number of nitrogens with zero attached hydrogens (tertiary/aromatic N) is 2. The van der Waals surface area contributed by atoms with E-state index in [1.54, 1.807) is 0 Å². The first kappa shape index (κ1) is 20.1. The van der Waals surface area contributed by atoms with Crippen molar-refractivity contribution in [2.24, 2.45) is 0 Å². The highest BCUT2D eigenvalue weighted by Gasteiger charge is 2.27. The molecule has 0 amide bonds. The van der Waals surface area contributed by atoms with Gasteiger partial charge < -0.3 is 19.2 Å². The Balaban J connectivity index is 1.82. The molecule has 0 aliphatic heterocycles. The predicted molar refractivity (Wildman–Crippen MR) is 145 cm³/mol. The van der Waals surface area contributed by atoms with Crippen LogP contribution in [0.25, 0.3) is 55.0 Å². The first-order valence-electron chi connectivity index (χ1n) is 11.7. The van der Waals surface area contributed by atoms with Crippen molar-refractivity contribution in [2.45, 2.75) is 0 Å². The van der Waals surface area contributed by atoms with Crippen molar-refractivity contribution in [3.05, 3.63) is 115 Å². The van der Waals surface area contributed by atoms with Crippen LogP contribution in [0.1, 0.15) is 0 Å². The van der Waals surface area contributed by atoms with E-state index in [9.17, 15) is 10.0 Å². The molecule has 4 nitrogen and oxygen atoms in total. The fourth-order valence-electron chi connectivity index (χ4n) is 5.52. The molecular weight excluding hydrogens is 431 g/mol. The molecule has 0 bridgehead atoms. The highest BCUT2D eigenvalue weighted by Crippen LogP contribution is 2.41. The Kier molecular flexibility index (Phi) is 4.36. The number of fused-ring (bicyclic) bond motifs is 7. The second-order valence-electron chi connectivity index (χ2n) is 8.84. The molecule has 0 unspecified atom stereocenters. The van der Waals surface area contributed by atoms with E-state index in [1.807, 2.05) is 66.7 Å². The van der Waals surface area contributed by atoms with Crippen molar-refractivity contribution in [1.29, 1.82) is 0 Å². The Morgan fingerprint density at radius 2 is 0.971 bits per heavy atom. The first-order valence-corrected chi connectivity index (χ1v) is 11.7. The van der Waals surface area contributed by atoms with Gasteiger partial charge in [0.15, 0.2) is 0 Å². The van der Waals surface area contributed by atoms with Crippen LogP contribution in [0.3, 0.4) is 0 Å². The summed E-state index contributed by atoms with van der Waals surface area (Å²) in [6.07, 6.45) is 0. The second kappa shape index (κ2) is 7.60. The summed E-state index contributed by atoms with van der Waals surface area (Å²) >= 11 is 0. The predicted octanol–water partition coefficient (Wildman–Crippen LogP) is 5.56. The van der Waals surface area contributed by atoms with Gasteiger partial charge in [-0.3, -0.25) is 0 Å². The highest BCUT2D eigenvalue weighted by molar-refractivity contribution is 6.63. The highest BCUT2D eigenvalue weighted by atomic mass is 16.4. The van der Waals surface area contributed by atoms with Crippen LogP contribution >= 0.6 is 0 Å². The van der Waals surface area contributed by atoms with E-state index < -0.39 is 7.12 Å². The standard InChI is InChI=1S/C30H21BN2O2/c34-31(35)25-19-24-22-15-7-9-17-26(22)32(20-11-3-1-4-12-20)29(24)28-23-16-8-10-18-27(23)33(30(25)28)21-13-5-2-6-14-21/h1-19,34-35H. The molecule has 5 aromatic carbocycles. The van der Waals surface area contributed by atoms with Crippen LogP contribution in [0.2, 0.25) is 0 Å². The average molecular weight is 452 g/mol. The minimum absolute atomic E-state index is 0.489. The molecular formula is C30H21BN2O2. The smallest absolute Gasteiger partial charge is 0.423 e. The van der Waals surface area contributed by atoms with Crippen molar-refractivity contribution in [3.8, 4) is 11.4 Å². The quantitative estimate of drug-likeness (QED) is 0.345. The molecule has 0 spiro atoms. The Labute approximate surface area is 202 Å². The summed E-state index contributed by atoms with van der Waals surface area (Å²) < 4.78 is 4.44. The third kappa shape index (κ3) is 2.83. The molecule has 166 valence electrons. The molecule has 7 rings (SSSR count). The van der Waals surface area contributed by atoms with Crippen LogP contribution in [0.15, 0.2) is 115 Å². The zero-order valence-corrected chi connectivity index (χ0v) is 18.8. The second-order valence-corrected chi connectivity index (χ2v) is 8.84. The van der Waals surface area contributed by atoms with Crippen molar-refractivity contribution in [3.63, 3.8) is 0 Å². The maximum atomic E-state index is 10.6. The van der Waals surface area contributed by atoms with Crippen LogP contribution < -0.4 is 5.46 Å².